The number of hydrogen-bond acceptors (Lipinski definition) is 8. The number of esters is 1. The van der Waals surface area contributed by atoms with E-state index >= 15 is 0 Å². The maximum Gasteiger partial charge on any atom is 0.338 e. The lowest BCUT2D eigenvalue weighted by Gasteiger charge is -2.36. The van der Waals surface area contributed by atoms with Gasteiger partial charge in [0.15, 0.2) is 11.6 Å². The lowest BCUT2D eigenvalue weighted by Crippen LogP contribution is -2.39. The van der Waals surface area contributed by atoms with Gasteiger partial charge in [0.1, 0.15) is 23.9 Å². The summed E-state index contributed by atoms with van der Waals surface area (Å²) in [6, 6.07) is 13.2. The number of allylic oxidation sites excluding steroid dienone is 1. The molecule has 2 N–H and O–H groups in total. The summed E-state index contributed by atoms with van der Waals surface area (Å²) < 4.78 is 5.15. The van der Waals surface area contributed by atoms with Gasteiger partial charge in [-0.1, -0.05) is 26.0 Å². The van der Waals surface area contributed by atoms with Crippen molar-refractivity contribution < 1.29 is 19.6 Å². The van der Waals surface area contributed by atoms with E-state index in [-0.39, 0.29) is 22.6 Å². The average Bonchev–Trinajstić information content (AvgIpc) is 3.25. The van der Waals surface area contributed by atoms with E-state index in [4.69, 9.17) is 4.74 Å². The molecule has 1 aliphatic heterocycles. The summed E-state index contributed by atoms with van der Waals surface area (Å²) >= 11 is 0. The Morgan fingerprint density at radius 2 is 2.00 bits per heavy atom. The van der Waals surface area contributed by atoms with E-state index in [2.05, 4.69) is 23.8 Å². The number of carbonyl (C=O) groups excluding carboxylic acids is 1. The third-order valence-electron chi connectivity index (χ3n) is 5.98. The number of carbonyl (C=O) groups is 1. The van der Waals surface area contributed by atoms with E-state index in [9.17, 15) is 25.3 Å². The summed E-state index contributed by atoms with van der Waals surface area (Å²) in [4.78, 5) is 33.0. The summed E-state index contributed by atoms with van der Waals surface area (Å²) in [5.41, 5.74) is 1.40. The minimum Gasteiger partial charge on any atom is -0.507 e. The van der Waals surface area contributed by atoms with Gasteiger partial charge in [0.2, 0.25) is 0 Å². The molecular formula is C25H25N5O5. The number of aromatic amines is 1. The van der Waals surface area contributed by atoms with Crippen molar-refractivity contribution in [1.82, 2.24) is 9.97 Å². The Balaban J connectivity index is 1.52. The molecule has 2 aromatic carbocycles. The van der Waals surface area contributed by atoms with Crippen molar-refractivity contribution in [2.24, 2.45) is 11.8 Å². The lowest BCUT2D eigenvalue weighted by molar-refractivity contribution is -0.384. The van der Waals surface area contributed by atoms with Gasteiger partial charge in [-0.05, 0) is 42.5 Å². The van der Waals surface area contributed by atoms with Gasteiger partial charge >= 0.3 is 5.97 Å². The molecule has 1 fully saturated rings. The van der Waals surface area contributed by atoms with Crippen molar-refractivity contribution in [3.63, 3.8) is 0 Å². The molecule has 10 nitrogen and oxygen atoms in total. The van der Waals surface area contributed by atoms with Gasteiger partial charge in [0.05, 0.1) is 21.5 Å². The fraction of sp³-hybridized carbons (Fsp3) is 0.320. The summed E-state index contributed by atoms with van der Waals surface area (Å²) in [5, 5.41) is 31.7. The van der Waals surface area contributed by atoms with E-state index in [1.54, 1.807) is 30.3 Å². The number of nitrogens with zero attached hydrogens (tertiary/aromatic N) is 4. The third kappa shape index (κ3) is 5.09. The first kappa shape index (κ1) is 23.8. The van der Waals surface area contributed by atoms with E-state index in [0.717, 1.165) is 6.42 Å². The number of nitriles is 1. The van der Waals surface area contributed by atoms with E-state index < -0.39 is 23.3 Å². The lowest BCUT2D eigenvalue weighted by atomic mass is 9.91. The zero-order chi connectivity index (χ0) is 25.1. The van der Waals surface area contributed by atoms with Crippen LogP contribution in [0.4, 0.5) is 11.4 Å². The highest BCUT2D eigenvalue weighted by molar-refractivity contribution is 5.92. The van der Waals surface area contributed by atoms with Gasteiger partial charge in [0, 0.05) is 19.2 Å². The van der Waals surface area contributed by atoms with Crippen LogP contribution in [0.15, 0.2) is 48.2 Å². The molecule has 1 aliphatic rings. The van der Waals surface area contributed by atoms with E-state index in [1.807, 2.05) is 11.0 Å². The number of nitrogens with one attached hydrogen (secondary N) is 1. The maximum absolute atomic E-state index is 12.6. The number of H-pyrrole nitrogens is 1. The Morgan fingerprint density at radius 3 is 2.66 bits per heavy atom. The highest BCUT2D eigenvalue weighted by atomic mass is 16.6. The number of nitro groups is 1. The predicted octanol–water partition coefficient (Wildman–Crippen LogP) is 4.60. The number of fused-ring (bicyclic) bond motifs is 1. The maximum atomic E-state index is 12.6. The Hall–Kier alpha value is -4.39. The van der Waals surface area contributed by atoms with Crippen LogP contribution in [0.1, 0.15) is 36.5 Å². The van der Waals surface area contributed by atoms with Crippen molar-refractivity contribution in [2.75, 3.05) is 24.6 Å². The number of anilines is 1. The number of aromatic nitrogens is 2. The van der Waals surface area contributed by atoms with Crippen molar-refractivity contribution in [1.29, 1.82) is 5.26 Å². The van der Waals surface area contributed by atoms with Crippen molar-refractivity contribution in [3.8, 4) is 6.07 Å². The quantitative estimate of drug-likeness (QED) is 0.173. The SMILES string of the molecule is CC1CC(C)CN(c2ccc(C(=O)OCC(O)=C(C#N)c3nc4ccccc4[nH]3)cc2[N+](=O)[O-])C1. The number of para-hydroxylation sites is 2. The Bertz CT molecular complexity index is 1310. The fourth-order valence-electron chi connectivity index (χ4n) is 4.54. The topological polar surface area (TPSA) is 145 Å². The molecule has 2 unspecified atom stereocenters. The molecular weight excluding hydrogens is 450 g/mol. The van der Waals surface area contributed by atoms with Crippen molar-refractivity contribution >= 4 is 34.0 Å². The second kappa shape index (κ2) is 9.85. The number of rotatable bonds is 6. The van der Waals surface area contributed by atoms with Crippen LogP contribution in [0.5, 0.6) is 0 Å². The second-order valence-electron chi connectivity index (χ2n) is 8.92. The molecule has 0 radical (unpaired) electrons. The molecule has 10 heteroatoms. The van der Waals surface area contributed by atoms with E-state index in [1.165, 1.54) is 12.1 Å². The number of ether oxygens (including phenoxy) is 1. The molecule has 0 aliphatic carbocycles. The van der Waals surface area contributed by atoms with Gasteiger partial charge < -0.3 is 19.7 Å². The summed E-state index contributed by atoms with van der Waals surface area (Å²) in [7, 11) is 0. The van der Waals surface area contributed by atoms with Crippen LogP contribution in [0.2, 0.25) is 0 Å². The minimum atomic E-state index is -0.853. The van der Waals surface area contributed by atoms with Crippen LogP contribution in [0.25, 0.3) is 16.6 Å². The van der Waals surface area contributed by atoms with Crippen LogP contribution >= 0.6 is 0 Å². The first-order chi connectivity index (χ1) is 16.8. The largest absolute Gasteiger partial charge is 0.507 e. The number of aliphatic hydroxyl groups excluding tert-OH is 1. The molecule has 1 saturated heterocycles. The second-order valence-corrected chi connectivity index (χ2v) is 8.92. The van der Waals surface area contributed by atoms with Crippen LogP contribution in [-0.4, -0.2) is 45.7 Å². The van der Waals surface area contributed by atoms with Crippen molar-refractivity contribution in [2.45, 2.75) is 20.3 Å². The molecule has 0 amide bonds. The van der Waals surface area contributed by atoms with Crippen LogP contribution in [0.3, 0.4) is 0 Å². The van der Waals surface area contributed by atoms with Gasteiger partial charge in [0.25, 0.3) is 5.69 Å². The van der Waals surface area contributed by atoms with Crippen LogP contribution in [0, 0.1) is 33.3 Å². The zero-order valence-corrected chi connectivity index (χ0v) is 19.4. The van der Waals surface area contributed by atoms with Gasteiger partial charge in [-0.3, -0.25) is 10.1 Å². The Morgan fingerprint density at radius 1 is 1.29 bits per heavy atom. The van der Waals surface area contributed by atoms with Crippen LogP contribution < -0.4 is 4.90 Å². The normalized spacial score (nSPS) is 18.6. The molecule has 180 valence electrons. The number of nitro benzene ring substituents is 1. The number of piperidine rings is 1. The highest BCUT2D eigenvalue weighted by Gasteiger charge is 2.28. The van der Waals surface area contributed by atoms with Crippen molar-refractivity contribution in [3.05, 3.63) is 69.7 Å². The Kier molecular flexibility index (Phi) is 6.68. The molecule has 0 bridgehead atoms. The molecule has 2 heterocycles. The number of imidazole rings is 1. The molecule has 1 aromatic heterocycles. The third-order valence-corrected chi connectivity index (χ3v) is 5.98. The van der Waals surface area contributed by atoms with E-state index in [0.29, 0.717) is 41.6 Å². The highest BCUT2D eigenvalue weighted by Crippen LogP contribution is 2.34. The molecule has 2 atom stereocenters. The molecule has 0 saturated carbocycles. The molecule has 4 rings (SSSR count). The first-order valence-electron chi connectivity index (χ1n) is 11.2. The van der Waals surface area contributed by atoms with Gasteiger partial charge in [-0.2, -0.15) is 5.26 Å². The van der Waals surface area contributed by atoms with Crippen LogP contribution in [-0.2, 0) is 4.74 Å². The number of hydrogen-bond donors (Lipinski definition) is 2. The average molecular weight is 476 g/mol. The zero-order valence-electron chi connectivity index (χ0n) is 19.4. The smallest absolute Gasteiger partial charge is 0.338 e. The minimum absolute atomic E-state index is 0.0198. The first-order valence-corrected chi connectivity index (χ1v) is 11.2. The fourth-order valence-corrected chi connectivity index (χ4v) is 4.54. The molecule has 3 aromatic rings. The number of benzene rings is 2. The summed E-state index contributed by atoms with van der Waals surface area (Å²) in [6.07, 6.45) is 1.06. The molecule has 35 heavy (non-hydrogen) atoms. The summed E-state index contributed by atoms with van der Waals surface area (Å²) in [5.74, 6) is -0.388. The molecule has 0 spiro atoms. The van der Waals surface area contributed by atoms with Gasteiger partial charge in [-0.25, -0.2) is 9.78 Å². The Labute approximate surface area is 201 Å². The number of aliphatic hydroxyl groups is 1. The summed E-state index contributed by atoms with van der Waals surface area (Å²) in [6.45, 7) is 5.04. The predicted molar refractivity (Wildman–Crippen MR) is 130 cm³/mol. The monoisotopic (exact) mass is 475 g/mol. The van der Waals surface area contributed by atoms with Gasteiger partial charge in [-0.15, -0.1) is 0 Å². The standard InChI is InChI=1S/C25H25N5O5/c1-15-9-16(2)13-29(12-15)21-8-7-17(10-22(21)30(33)34)25(32)35-14-23(31)18(11-26)24-27-19-5-3-4-6-20(19)28-24/h3-8,10,15-16,31H,9,12-14H2,1-2H3,(H,27,28).